The van der Waals surface area contributed by atoms with Crippen LogP contribution in [-0.4, -0.2) is 19.7 Å². The van der Waals surface area contributed by atoms with E-state index in [4.69, 9.17) is 4.74 Å². The van der Waals surface area contributed by atoms with Crippen molar-refractivity contribution in [1.82, 2.24) is 5.32 Å². The van der Waals surface area contributed by atoms with Crippen LogP contribution in [0.3, 0.4) is 0 Å². The van der Waals surface area contributed by atoms with Crippen molar-refractivity contribution in [1.29, 1.82) is 0 Å². The number of nitrogens with one attached hydrogen (secondary N) is 1. The zero-order valence-electron chi connectivity index (χ0n) is 13.1. The lowest BCUT2D eigenvalue weighted by Crippen LogP contribution is -2.29. The van der Waals surface area contributed by atoms with Gasteiger partial charge in [-0.05, 0) is 49.4 Å². The second-order valence-electron chi connectivity index (χ2n) is 5.64. The fourth-order valence-electron chi connectivity index (χ4n) is 2.24. The molecule has 0 saturated carbocycles. The van der Waals surface area contributed by atoms with E-state index in [0.717, 1.165) is 18.7 Å². The Morgan fingerprint density at radius 3 is 2.53 bits per heavy atom. The maximum absolute atomic E-state index is 5.48. The summed E-state index contributed by atoms with van der Waals surface area (Å²) in [6.45, 7) is 10.0. The predicted octanol–water partition coefficient (Wildman–Crippen LogP) is 4.14. The van der Waals surface area contributed by atoms with Crippen LogP contribution in [0.15, 0.2) is 18.2 Å². The molecule has 1 aromatic rings. The molecule has 1 rings (SSSR count). The van der Waals surface area contributed by atoms with E-state index < -0.39 is 0 Å². The summed E-state index contributed by atoms with van der Waals surface area (Å²) in [6.07, 6.45) is 3.51. The molecule has 1 aromatic carbocycles. The van der Waals surface area contributed by atoms with Crippen LogP contribution in [0.1, 0.15) is 57.6 Å². The molecule has 0 amide bonds. The summed E-state index contributed by atoms with van der Waals surface area (Å²) < 4.78 is 5.48. The van der Waals surface area contributed by atoms with Gasteiger partial charge < -0.3 is 10.1 Å². The Morgan fingerprint density at radius 1 is 1.21 bits per heavy atom. The smallest absolute Gasteiger partial charge is 0.122 e. The number of hydrogen-bond acceptors (Lipinski definition) is 2. The van der Waals surface area contributed by atoms with E-state index in [9.17, 15) is 0 Å². The second kappa shape index (κ2) is 8.21. The molecule has 1 atom stereocenters. The van der Waals surface area contributed by atoms with Gasteiger partial charge in [0, 0.05) is 6.04 Å². The van der Waals surface area contributed by atoms with E-state index in [2.05, 4.69) is 51.2 Å². The third-order valence-corrected chi connectivity index (χ3v) is 3.52. The van der Waals surface area contributed by atoms with Crippen molar-refractivity contribution < 1.29 is 4.74 Å². The molecule has 0 fully saturated rings. The molecule has 2 nitrogen and oxygen atoms in total. The van der Waals surface area contributed by atoms with Crippen molar-refractivity contribution >= 4 is 0 Å². The largest absolute Gasteiger partial charge is 0.496 e. The van der Waals surface area contributed by atoms with Gasteiger partial charge in [0.05, 0.1) is 7.11 Å². The zero-order valence-corrected chi connectivity index (χ0v) is 13.1. The Kier molecular flexibility index (Phi) is 6.93. The van der Waals surface area contributed by atoms with E-state index in [1.807, 2.05) is 0 Å². The van der Waals surface area contributed by atoms with Gasteiger partial charge in [0.15, 0.2) is 0 Å². The van der Waals surface area contributed by atoms with Crippen LogP contribution in [-0.2, 0) is 6.42 Å². The minimum absolute atomic E-state index is 0.489. The van der Waals surface area contributed by atoms with Crippen LogP contribution >= 0.6 is 0 Å². The normalized spacial score (nSPS) is 12.7. The minimum atomic E-state index is 0.489. The molecule has 0 saturated heterocycles. The number of hydrogen-bond donors (Lipinski definition) is 1. The van der Waals surface area contributed by atoms with Crippen LogP contribution in [0, 0.1) is 0 Å². The van der Waals surface area contributed by atoms with Crippen molar-refractivity contribution in [3.63, 3.8) is 0 Å². The Morgan fingerprint density at radius 2 is 1.95 bits per heavy atom. The van der Waals surface area contributed by atoms with Gasteiger partial charge in [-0.3, -0.25) is 0 Å². The van der Waals surface area contributed by atoms with Gasteiger partial charge in [-0.25, -0.2) is 0 Å². The summed E-state index contributed by atoms with van der Waals surface area (Å²) in [5.74, 6) is 1.57. The Hall–Kier alpha value is -1.02. The summed E-state index contributed by atoms with van der Waals surface area (Å²) in [5.41, 5.74) is 2.70. The molecule has 0 bridgehead atoms. The third-order valence-electron chi connectivity index (χ3n) is 3.52. The number of rotatable bonds is 8. The number of methoxy groups -OCH3 is 1. The summed E-state index contributed by atoms with van der Waals surface area (Å²) in [5, 5.41) is 3.58. The van der Waals surface area contributed by atoms with Gasteiger partial charge in [-0.15, -0.1) is 0 Å². The molecular formula is C17H29NO. The fraction of sp³-hybridized carbons (Fsp3) is 0.647. The molecule has 0 aromatic heterocycles. The molecule has 0 heterocycles. The van der Waals surface area contributed by atoms with Crippen LogP contribution in [0.25, 0.3) is 0 Å². The fourth-order valence-corrected chi connectivity index (χ4v) is 2.24. The third kappa shape index (κ3) is 5.23. The number of ether oxygens (including phenoxy) is 1. The highest BCUT2D eigenvalue weighted by atomic mass is 16.5. The molecule has 2 heteroatoms. The minimum Gasteiger partial charge on any atom is -0.496 e. The standard InChI is InChI=1S/C17H29NO/c1-6-7-10-18-14(4)11-16-12-15(13(2)3)8-9-17(16)19-5/h8-9,12-14,18H,6-7,10-11H2,1-5H3. The Labute approximate surface area is 118 Å². The van der Waals surface area contributed by atoms with E-state index >= 15 is 0 Å². The predicted molar refractivity (Wildman–Crippen MR) is 83.2 cm³/mol. The van der Waals surface area contributed by atoms with Crippen molar-refractivity contribution in [3.8, 4) is 5.75 Å². The van der Waals surface area contributed by atoms with Crippen LogP contribution in [0.5, 0.6) is 5.75 Å². The maximum Gasteiger partial charge on any atom is 0.122 e. The van der Waals surface area contributed by atoms with E-state index in [1.54, 1.807) is 7.11 Å². The van der Waals surface area contributed by atoms with Gasteiger partial charge in [0.25, 0.3) is 0 Å². The average molecular weight is 263 g/mol. The summed E-state index contributed by atoms with van der Waals surface area (Å²) >= 11 is 0. The first-order chi connectivity index (χ1) is 9.08. The molecule has 108 valence electrons. The summed E-state index contributed by atoms with van der Waals surface area (Å²) in [4.78, 5) is 0. The quantitative estimate of drug-likeness (QED) is 0.712. The van der Waals surface area contributed by atoms with Crippen molar-refractivity contribution in [2.75, 3.05) is 13.7 Å². The Balaban J connectivity index is 2.71. The highest BCUT2D eigenvalue weighted by molar-refractivity contribution is 5.38. The second-order valence-corrected chi connectivity index (χ2v) is 5.64. The van der Waals surface area contributed by atoms with Crippen molar-refractivity contribution in [2.24, 2.45) is 0 Å². The average Bonchev–Trinajstić information content (AvgIpc) is 2.38. The number of unbranched alkanes of at least 4 members (excludes halogenated alkanes) is 1. The molecule has 0 radical (unpaired) electrons. The topological polar surface area (TPSA) is 21.3 Å². The summed E-state index contributed by atoms with van der Waals surface area (Å²) in [6, 6.07) is 7.05. The van der Waals surface area contributed by atoms with Gasteiger partial charge >= 0.3 is 0 Å². The van der Waals surface area contributed by atoms with Crippen molar-refractivity contribution in [2.45, 2.75) is 58.9 Å². The highest BCUT2D eigenvalue weighted by Gasteiger charge is 2.10. The van der Waals surface area contributed by atoms with E-state index in [0.29, 0.717) is 12.0 Å². The number of benzene rings is 1. The van der Waals surface area contributed by atoms with Crippen LogP contribution in [0.2, 0.25) is 0 Å². The van der Waals surface area contributed by atoms with Crippen LogP contribution < -0.4 is 10.1 Å². The lowest BCUT2D eigenvalue weighted by molar-refractivity contribution is 0.405. The molecule has 0 aliphatic carbocycles. The van der Waals surface area contributed by atoms with Gasteiger partial charge in [0.2, 0.25) is 0 Å². The van der Waals surface area contributed by atoms with Gasteiger partial charge in [-0.1, -0.05) is 39.3 Å². The monoisotopic (exact) mass is 263 g/mol. The van der Waals surface area contributed by atoms with E-state index in [1.165, 1.54) is 24.0 Å². The van der Waals surface area contributed by atoms with E-state index in [-0.39, 0.29) is 0 Å². The zero-order chi connectivity index (χ0) is 14.3. The lowest BCUT2D eigenvalue weighted by atomic mass is 9.97. The molecule has 19 heavy (non-hydrogen) atoms. The first-order valence-electron chi connectivity index (χ1n) is 7.48. The lowest BCUT2D eigenvalue weighted by Gasteiger charge is -2.17. The first-order valence-corrected chi connectivity index (χ1v) is 7.48. The molecule has 1 N–H and O–H groups in total. The first kappa shape index (κ1) is 16.0. The van der Waals surface area contributed by atoms with Crippen molar-refractivity contribution in [3.05, 3.63) is 29.3 Å². The molecule has 1 unspecified atom stereocenters. The summed E-state index contributed by atoms with van der Waals surface area (Å²) in [7, 11) is 1.75. The molecule has 0 spiro atoms. The Bertz CT molecular complexity index is 374. The van der Waals surface area contributed by atoms with Gasteiger partial charge in [0.1, 0.15) is 5.75 Å². The molecule has 0 aliphatic heterocycles. The molecule has 0 aliphatic rings. The van der Waals surface area contributed by atoms with Crippen LogP contribution in [0.4, 0.5) is 0 Å². The molecular weight excluding hydrogens is 234 g/mol. The SMILES string of the molecule is CCCCNC(C)Cc1cc(C(C)C)ccc1OC. The highest BCUT2D eigenvalue weighted by Crippen LogP contribution is 2.25. The maximum atomic E-state index is 5.48. The van der Waals surface area contributed by atoms with Gasteiger partial charge in [-0.2, -0.15) is 0 Å².